The summed E-state index contributed by atoms with van der Waals surface area (Å²) in [4.78, 5) is 0. The number of alkyl halides is 3. The van der Waals surface area contributed by atoms with Crippen molar-refractivity contribution < 1.29 is 22.6 Å². The van der Waals surface area contributed by atoms with Gasteiger partial charge in [0.05, 0.1) is 5.60 Å². The second-order valence-electron chi connectivity index (χ2n) is 3.19. The van der Waals surface area contributed by atoms with E-state index in [1.165, 1.54) is 0 Å². The monoisotopic (exact) mass is 201 g/mol. The molecule has 2 N–H and O–H groups in total. The van der Waals surface area contributed by atoms with Gasteiger partial charge in [-0.1, -0.05) is 0 Å². The van der Waals surface area contributed by atoms with Gasteiger partial charge in [-0.25, -0.2) is 0 Å². The lowest BCUT2D eigenvalue weighted by atomic mass is 10.1. The fourth-order valence-electron chi connectivity index (χ4n) is 0.418. The van der Waals surface area contributed by atoms with Gasteiger partial charge in [0.15, 0.2) is 0 Å². The predicted octanol–water partition coefficient (Wildman–Crippen LogP) is 1.28. The van der Waals surface area contributed by atoms with Gasteiger partial charge in [0.1, 0.15) is 13.4 Å². The highest BCUT2D eigenvalue weighted by atomic mass is 19.4. The average Bonchev–Trinajstić information content (AvgIpc) is 1.97. The maximum atomic E-state index is 11.6. The first-order chi connectivity index (χ1) is 5.77. The molecule has 0 aromatic carbocycles. The standard InChI is InChI=1S/C7H14F3NO2/c1-6(2,3-11)13-5-12-4-7(8,9)10/h3-5,11H2,1-2H3. The summed E-state index contributed by atoms with van der Waals surface area (Å²) < 4.78 is 43.8. The number of ether oxygens (including phenoxy) is 2. The van der Waals surface area contributed by atoms with Crippen molar-refractivity contribution in [2.24, 2.45) is 5.73 Å². The van der Waals surface area contributed by atoms with E-state index in [0.717, 1.165) is 0 Å². The van der Waals surface area contributed by atoms with Crippen LogP contribution in [0.1, 0.15) is 13.8 Å². The van der Waals surface area contributed by atoms with Gasteiger partial charge in [-0.15, -0.1) is 0 Å². The normalized spacial score (nSPS) is 13.4. The van der Waals surface area contributed by atoms with Gasteiger partial charge in [0.2, 0.25) is 0 Å². The SMILES string of the molecule is CC(C)(CN)OCOCC(F)(F)F. The van der Waals surface area contributed by atoms with Crippen molar-refractivity contribution in [2.45, 2.75) is 25.6 Å². The molecule has 0 saturated heterocycles. The summed E-state index contributed by atoms with van der Waals surface area (Å²) in [7, 11) is 0. The molecule has 0 fully saturated rings. The Morgan fingerprint density at radius 3 is 2.15 bits per heavy atom. The van der Waals surface area contributed by atoms with Gasteiger partial charge in [0.25, 0.3) is 0 Å². The molecule has 13 heavy (non-hydrogen) atoms. The van der Waals surface area contributed by atoms with E-state index in [9.17, 15) is 13.2 Å². The quantitative estimate of drug-likeness (QED) is 0.538. The minimum Gasteiger partial charge on any atom is -0.348 e. The Labute approximate surface area is 75.0 Å². The molecule has 6 heteroatoms. The molecule has 0 unspecified atom stereocenters. The second-order valence-corrected chi connectivity index (χ2v) is 3.19. The molecule has 0 bridgehead atoms. The smallest absolute Gasteiger partial charge is 0.348 e. The molecule has 0 atom stereocenters. The topological polar surface area (TPSA) is 44.5 Å². The van der Waals surface area contributed by atoms with Crippen molar-refractivity contribution in [2.75, 3.05) is 19.9 Å². The lowest BCUT2D eigenvalue weighted by Crippen LogP contribution is -2.35. The molecule has 3 nitrogen and oxygen atoms in total. The van der Waals surface area contributed by atoms with Crippen molar-refractivity contribution in [3.05, 3.63) is 0 Å². The van der Waals surface area contributed by atoms with E-state index >= 15 is 0 Å². The van der Waals surface area contributed by atoms with Gasteiger partial charge < -0.3 is 15.2 Å². The summed E-state index contributed by atoms with van der Waals surface area (Å²) in [5.74, 6) is 0. The summed E-state index contributed by atoms with van der Waals surface area (Å²) in [5.41, 5.74) is 4.62. The van der Waals surface area contributed by atoms with E-state index in [2.05, 4.69) is 4.74 Å². The summed E-state index contributed by atoms with van der Waals surface area (Å²) in [6.45, 7) is 1.87. The molecule has 0 radical (unpaired) electrons. The van der Waals surface area contributed by atoms with Crippen molar-refractivity contribution in [1.29, 1.82) is 0 Å². The molecule has 0 amide bonds. The zero-order valence-corrected chi connectivity index (χ0v) is 7.65. The third-order valence-electron chi connectivity index (χ3n) is 1.29. The van der Waals surface area contributed by atoms with Crippen molar-refractivity contribution in [3.63, 3.8) is 0 Å². The average molecular weight is 201 g/mol. The Bertz CT molecular complexity index is 147. The van der Waals surface area contributed by atoms with Crippen molar-refractivity contribution in [1.82, 2.24) is 0 Å². The maximum Gasteiger partial charge on any atom is 0.411 e. The Balaban J connectivity index is 3.47. The van der Waals surface area contributed by atoms with Crippen LogP contribution >= 0.6 is 0 Å². The third-order valence-corrected chi connectivity index (χ3v) is 1.29. The fraction of sp³-hybridized carbons (Fsp3) is 1.00. The van der Waals surface area contributed by atoms with E-state index < -0.39 is 25.2 Å². The number of rotatable bonds is 5. The molecule has 0 aliphatic heterocycles. The summed E-state index contributed by atoms with van der Waals surface area (Å²) in [6.07, 6.45) is -4.31. The minimum absolute atomic E-state index is 0.225. The molecule has 80 valence electrons. The predicted molar refractivity (Wildman–Crippen MR) is 41.1 cm³/mol. The Morgan fingerprint density at radius 1 is 1.23 bits per heavy atom. The highest BCUT2D eigenvalue weighted by molar-refractivity contribution is 4.67. The van der Waals surface area contributed by atoms with E-state index in [-0.39, 0.29) is 6.54 Å². The zero-order valence-electron chi connectivity index (χ0n) is 7.65. The molecule has 0 saturated carbocycles. The Kier molecular flexibility index (Phi) is 4.66. The van der Waals surface area contributed by atoms with Crippen LogP contribution in [0.25, 0.3) is 0 Å². The molecule has 0 aliphatic rings. The number of hydrogen-bond donors (Lipinski definition) is 1. The lowest BCUT2D eigenvalue weighted by Gasteiger charge is -2.22. The van der Waals surface area contributed by atoms with Crippen LogP contribution < -0.4 is 5.73 Å². The van der Waals surface area contributed by atoms with Crippen molar-refractivity contribution >= 4 is 0 Å². The summed E-state index contributed by atoms with van der Waals surface area (Å²) in [6, 6.07) is 0. The summed E-state index contributed by atoms with van der Waals surface area (Å²) >= 11 is 0. The first-order valence-electron chi connectivity index (χ1n) is 3.75. The molecule has 0 rings (SSSR count). The molecule has 0 heterocycles. The number of nitrogens with two attached hydrogens (primary N) is 1. The Hall–Kier alpha value is -0.330. The molecule has 0 aromatic heterocycles. The van der Waals surface area contributed by atoms with Gasteiger partial charge in [-0.05, 0) is 13.8 Å². The molecule has 0 spiro atoms. The number of halogens is 3. The van der Waals surface area contributed by atoms with Gasteiger partial charge in [-0.3, -0.25) is 0 Å². The third kappa shape index (κ3) is 8.01. The highest BCUT2D eigenvalue weighted by Crippen LogP contribution is 2.15. The lowest BCUT2D eigenvalue weighted by molar-refractivity contribution is -0.210. The van der Waals surface area contributed by atoms with Crippen LogP contribution in [0.5, 0.6) is 0 Å². The first-order valence-corrected chi connectivity index (χ1v) is 3.75. The first kappa shape index (κ1) is 12.7. The van der Waals surface area contributed by atoms with Gasteiger partial charge >= 0.3 is 6.18 Å². The van der Waals surface area contributed by atoms with Gasteiger partial charge in [0, 0.05) is 6.54 Å². The van der Waals surface area contributed by atoms with Crippen LogP contribution in [0.3, 0.4) is 0 Å². The van der Waals surface area contributed by atoms with E-state index in [0.29, 0.717) is 0 Å². The van der Waals surface area contributed by atoms with Crippen LogP contribution in [-0.4, -0.2) is 31.7 Å². The van der Waals surface area contributed by atoms with Crippen LogP contribution in [0, 0.1) is 0 Å². The summed E-state index contributed by atoms with van der Waals surface area (Å²) in [5, 5.41) is 0. The second kappa shape index (κ2) is 4.78. The van der Waals surface area contributed by atoms with Crippen LogP contribution in [0.2, 0.25) is 0 Å². The Morgan fingerprint density at radius 2 is 1.77 bits per heavy atom. The van der Waals surface area contributed by atoms with Gasteiger partial charge in [-0.2, -0.15) is 13.2 Å². The zero-order chi connectivity index (χ0) is 10.5. The maximum absolute atomic E-state index is 11.6. The molecule has 0 aromatic rings. The van der Waals surface area contributed by atoms with Crippen LogP contribution in [0.15, 0.2) is 0 Å². The molecular formula is C7H14F3NO2. The number of hydrogen-bond acceptors (Lipinski definition) is 3. The van der Waals surface area contributed by atoms with E-state index in [4.69, 9.17) is 10.5 Å². The van der Waals surface area contributed by atoms with Crippen molar-refractivity contribution in [3.8, 4) is 0 Å². The molecular weight excluding hydrogens is 187 g/mol. The fourth-order valence-corrected chi connectivity index (χ4v) is 0.418. The van der Waals surface area contributed by atoms with E-state index in [1.54, 1.807) is 13.8 Å². The van der Waals surface area contributed by atoms with E-state index in [1.807, 2.05) is 0 Å². The molecule has 0 aliphatic carbocycles. The van der Waals surface area contributed by atoms with Crippen LogP contribution in [-0.2, 0) is 9.47 Å². The highest BCUT2D eigenvalue weighted by Gasteiger charge is 2.27. The largest absolute Gasteiger partial charge is 0.411 e. The van der Waals surface area contributed by atoms with Crippen LogP contribution in [0.4, 0.5) is 13.2 Å². The minimum atomic E-state index is -4.31.